The van der Waals surface area contributed by atoms with Crippen LogP contribution in [0.2, 0.25) is 0 Å². The molecule has 0 bridgehead atoms. The van der Waals surface area contributed by atoms with Gasteiger partial charge in [-0.15, -0.1) is 11.3 Å². The van der Waals surface area contributed by atoms with Crippen LogP contribution in [0, 0.1) is 19.7 Å². The van der Waals surface area contributed by atoms with Crippen LogP contribution in [0.1, 0.15) is 34.6 Å². The predicted molar refractivity (Wildman–Crippen MR) is 131 cm³/mol. The third-order valence-electron chi connectivity index (χ3n) is 6.42. The third kappa shape index (κ3) is 4.25. The Kier molecular flexibility index (Phi) is 6.11. The van der Waals surface area contributed by atoms with E-state index in [9.17, 15) is 10.6 Å². The number of azide groups is 1. The van der Waals surface area contributed by atoms with E-state index in [1.54, 1.807) is 13.0 Å². The zero-order valence-corrected chi connectivity index (χ0v) is 20.6. The second-order valence-corrected chi connectivity index (χ2v) is 10.1. The van der Waals surface area contributed by atoms with Gasteiger partial charge in [-0.05, 0) is 25.4 Å². The second-order valence-electron chi connectivity index (χ2n) is 8.89. The number of fused-ring (bicyclic) bond motifs is 2. The standard InChI is InChI=1S/C24H22FN7O4S/c1-11-27-23(32(30-11)16-9-18-15(8-14(16)25)28-12(2)37-18)22-20(33)19(29-31-26)21-17(35-22)10-34-24(36-21)13-6-4-3-5-7-13/h3-9,17,19-22,24,33H,10H2,1-2H3/t17?,19?,20?,21-,22+,24?/m0/s1. The first-order valence-corrected chi connectivity index (χ1v) is 12.4. The van der Waals surface area contributed by atoms with Gasteiger partial charge in [-0.25, -0.2) is 19.0 Å². The summed E-state index contributed by atoms with van der Waals surface area (Å²) in [6, 6.07) is 11.3. The molecule has 2 fully saturated rings. The molecule has 37 heavy (non-hydrogen) atoms. The minimum Gasteiger partial charge on any atom is -0.389 e. The van der Waals surface area contributed by atoms with Crippen LogP contribution in [0.25, 0.3) is 26.3 Å². The van der Waals surface area contributed by atoms with Crippen LogP contribution in [0.5, 0.6) is 0 Å². The number of aliphatic hydroxyl groups excluding tert-OH is 1. The van der Waals surface area contributed by atoms with E-state index in [2.05, 4.69) is 25.1 Å². The van der Waals surface area contributed by atoms with Crippen molar-refractivity contribution in [3.8, 4) is 5.69 Å². The molecule has 0 amide bonds. The molecule has 4 heterocycles. The summed E-state index contributed by atoms with van der Waals surface area (Å²) in [7, 11) is 0. The molecule has 13 heteroatoms. The van der Waals surface area contributed by atoms with Gasteiger partial charge in [0.2, 0.25) is 0 Å². The number of hydrogen-bond donors (Lipinski definition) is 1. The number of rotatable bonds is 4. The Labute approximate surface area is 214 Å². The maximum absolute atomic E-state index is 15.2. The molecule has 0 saturated carbocycles. The first-order valence-electron chi connectivity index (χ1n) is 11.6. The largest absolute Gasteiger partial charge is 0.389 e. The number of halogens is 1. The molecule has 2 aliphatic rings. The Morgan fingerprint density at radius 3 is 2.78 bits per heavy atom. The Morgan fingerprint density at radius 1 is 1.19 bits per heavy atom. The van der Waals surface area contributed by atoms with E-state index in [0.717, 1.165) is 15.3 Å². The lowest BCUT2D eigenvalue weighted by Crippen LogP contribution is -2.58. The SMILES string of the molecule is Cc1nc([C@@H]2OC3COC(c4ccccc4)O[C@@H]3C(N=[N+]=[N-])C2O)n(-c2cc3sc(C)nc3cc2F)n1. The summed E-state index contributed by atoms with van der Waals surface area (Å²) in [5, 5.41) is 20.4. The highest BCUT2D eigenvalue weighted by molar-refractivity contribution is 7.18. The molecule has 0 radical (unpaired) electrons. The van der Waals surface area contributed by atoms with Gasteiger partial charge in [0.25, 0.3) is 0 Å². The highest BCUT2D eigenvalue weighted by Crippen LogP contribution is 2.40. The predicted octanol–water partition coefficient (Wildman–Crippen LogP) is 4.23. The summed E-state index contributed by atoms with van der Waals surface area (Å²) < 4.78 is 35.5. The van der Waals surface area contributed by atoms with Crippen LogP contribution in [0.3, 0.4) is 0 Å². The summed E-state index contributed by atoms with van der Waals surface area (Å²) in [6.07, 6.45) is -4.58. The highest BCUT2D eigenvalue weighted by atomic mass is 32.1. The Balaban J connectivity index is 1.36. The fourth-order valence-corrected chi connectivity index (χ4v) is 5.65. The van der Waals surface area contributed by atoms with Crippen molar-refractivity contribution in [2.45, 2.75) is 50.6 Å². The molecule has 0 spiro atoms. The van der Waals surface area contributed by atoms with E-state index in [1.165, 1.54) is 22.1 Å². The number of aryl methyl sites for hydroxylation is 2. The van der Waals surface area contributed by atoms with Crippen molar-refractivity contribution in [3.05, 3.63) is 80.9 Å². The number of ether oxygens (including phenoxy) is 3. The average Bonchev–Trinajstić information content (AvgIpc) is 3.46. The normalized spacial score (nSPS) is 27.6. The fraction of sp³-hybridized carbons (Fsp3) is 0.375. The van der Waals surface area contributed by atoms with E-state index < -0.39 is 42.6 Å². The quantitative estimate of drug-likeness (QED) is 0.240. The van der Waals surface area contributed by atoms with Crippen LogP contribution in [0.15, 0.2) is 47.6 Å². The van der Waals surface area contributed by atoms with Crippen molar-refractivity contribution in [1.29, 1.82) is 0 Å². The first-order chi connectivity index (χ1) is 17.9. The van der Waals surface area contributed by atoms with Crippen LogP contribution in [-0.2, 0) is 14.2 Å². The summed E-state index contributed by atoms with van der Waals surface area (Å²) in [5.74, 6) is -0.0199. The zero-order chi connectivity index (χ0) is 25.7. The number of nitrogens with zero attached hydrogens (tertiary/aromatic N) is 7. The van der Waals surface area contributed by atoms with Gasteiger partial charge in [0.05, 0.1) is 34.0 Å². The summed E-state index contributed by atoms with van der Waals surface area (Å²) in [6.45, 7) is 3.63. The zero-order valence-electron chi connectivity index (χ0n) is 19.8. The molecule has 2 aromatic heterocycles. The van der Waals surface area contributed by atoms with E-state index in [1.807, 2.05) is 37.3 Å². The first kappa shape index (κ1) is 23.9. The lowest BCUT2D eigenvalue weighted by molar-refractivity contribution is -0.309. The van der Waals surface area contributed by atoms with Gasteiger partial charge in [-0.3, -0.25) is 0 Å². The van der Waals surface area contributed by atoms with Crippen molar-refractivity contribution < 1.29 is 23.7 Å². The lowest BCUT2D eigenvalue weighted by Gasteiger charge is -2.46. The number of aliphatic hydroxyl groups is 1. The topological polar surface area (TPSA) is 140 Å². The molecule has 190 valence electrons. The number of hydrogen-bond acceptors (Lipinski definition) is 9. The maximum atomic E-state index is 15.2. The average molecular weight is 524 g/mol. The van der Waals surface area contributed by atoms with Gasteiger partial charge in [0, 0.05) is 16.5 Å². The lowest BCUT2D eigenvalue weighted by atomic mass is 9.91. The Bertz CT molecular complexity index is 1510. The third-order valence-corrected chi connectivity index (χ3v) is 7.35. The molecular formula is C24H22FN7O4S. The molecule has 2 saturated heterocycles. The molecular weight excluding hydrogens is 501 g/mol. The maximum Gasteiger partial charge on any atom is 0.184 e. The highest BCUT2D eigenvalue weighted by Gasteiger charge is 2.51. The van der Waals surface area contributed by atoms with Crippen molar-refractivity contribution in [1.82, 2.24) is 19.7 Å². The molecule has 11 nitrogen and oxygen atoms in total. The molecule has 1 N–H and O–H groups in total. The molecule has 4 unspecified atom stereocenters. The minimum atomic E-state index is -1.34. The van der Waals surface area contributed by atoms with Crippen LogP contribution < -0.4 is 0 Å². The summed E-state index contributed by atoms with van der Waals surface area (Å²) >= 11 is 1.43. The van der Waals surface area contributed by atoms with E-state index in [-0.39, 0.29) is 18.1 Å². The second kappa shape index (κ2) is 9.45. The fourth-order valence-electron chi connectivity index (χ4n) is 4.81. The molecule has 2 aliphatic heterocycles. The number of benzene rings is 2. The molecule has 4 aromatic rings. The van der Waals surface area contributed by atoms with E-state index in [4.69, 9.17) is 14.2 Å². The molecule has 6 rings (SSSR count). The van der Waals surface area contributed by atoms with Gasteiger partial charge in [-0.1, -0.05) is 35.4 Å². The Hall–Kier alpha value is -3.45. The van der Waals surface area contributed by atoms with Crippen molar-refractivity contribution in [2.24, 2.45) is 5.11 Å². The van der Waals surface area contributed by atoms with Crippen LogP contribution in [-0.4, -0.2) is 55.8 Å². The van der Waals surface area contributed by atoms with Crippen LogP contribution in [0.4, 0.5) is 4.39 Å². The van der Waals surface area contributed by atoms with Gasteiger partial charge in [0.1, 0.15) is 29.8 Å². The van der Waals surface area contributed by atoms with E-state index >= 15 is 4.39 Å². The number of aromatic nitrogens is 4. The van der Waals surface area contributed by atoms with Crippen molar-refractivity contribution in [2.75, 3.05) is 6.61 Å². The van der Waals surface area contributed by atoms with Gasteiger partial charge in [-0.2, -0.15) is 5.10 Å². The summed E-state index contributed by atoms with van der Waals surface area (Å²) in [5.41, 5.74) is 10.8. The van der Waals surface area contributed by atoms with Crippen LogP contribution >= 0.6 is 11.3 Å². The molecule has 6 atom stereocenters. The monoisotopic (exact) mass is 523 g/mol. The van der Waals surface area contributed by atoms with E-state index in [0.29, 0.717) is 11.3 Å². The van der Waals surface area contributed by atoms with Gasteiger partial charge < -0.3 is 19.3 Å². The van der Waals surface area contributed by atoms with Gasteiger partial charge in [0.15, 0.2) is 17.9 Å². The Morgan fingerprint density at radius 2 is 2.00 bits per heavy atom. The van der Waals surface area contributed by atoms with Gasteiger partial charge >= 0.3 is 0 Å². The molecule has 2 aromatic carbocycles. The minimum absolute atomic E-state index is 0.123. The number of thiazole rings is 1. The van der Waals surface area contributed by atoms with Crippen molar-refractivity contribution >= 4 is 21.6 Å². The molecule has 0 aliphatic carbocycles. The van der Waals surface area contributed by atoms with Crippen molar-refractivity contribution in [3.63, 3.8) is 0 Å². The summed E-state index contributed by atoms with van der Waals surface area (Å²) in [4.78, 5) is 11.7. The smallest absolute Gasteiger partial charge is 0.184 e.